The fourth-order valence-corrected chi connectivity index (χ4v) is 0.203. The highest BCUT2D eigenvalue weighted by atomic mass is 31.1. The van der Waals surface area contributed by atoms with Crippen LogP contribution in [0.15, 0.2) is 0 Å². The first-order valence-corrected chi connectivity index (χ1v) is 3.79. The number of hydrogen-bond acceptors (Lipinski definition) is 6. The predicted molar refractivity (Wildman–Crippen MR) is 37.8 cm³/mol. The van der Waals surface area contributed by atoms with E-state index in [1.54, 1.807) is 0 Å². The van der Waals surface area contributed by atoms with Crippen LogP contribution < -0.4 is 10.6 Å². The fourth-order valence-electron chi connectivity index (χ4n) is 0.203. The van der Waals surface area contributed by atoms with E-state index in [0.717, 1.165) is 0 Å². The molecule has 0 radical (unpaired) electrons. The number of carbonyl (C=O) groups excluding carboxylic acids is 1. The maximum Gasteiger partial charge on any atom is 0.521 e. The van der Waals surface area contributed by atoms with Gasteiger partial charge in [-0.3, -0.25) is 4.79 Å². The fraction of sp³-hybridized carbons (Fsp3) is 0.750. The van der Waals surface area contributed by atoms with Gasteiger partial charge in [0.2, 0.25) is 0 Å². The zero-order valence-corrected chi connectivity index (χ0v) is 6.91. The van der Waals surface area contributed by atoms with Crippen LogP contribution in [0.4, 0.5) is 0 Å². The van der Waals surface area contributed by atoms with E-state index >= 15 is 0 Å². The first-order valence-electron chi connectivity index (χ1n) is 2.70. The Hall–Kier alpha value is -0.390. The van der Waals surface area contributed by atoms with Crippen LogP contribution in [-0.2, 0) is 14.0 Å². The summed E-state index contributed by atoms with van der Waals surface area (Å²) in [6.45, 7) is 2.02. The van der Waals surface area contributed by atoms with E-state index in [-0.39, 0.29) is 7.21 Å². The smallest absolute Gasteiger partial charge is 0.521 e. The molecule has 68 valence electrons. The predicted octanol–water partition coefficient (Wildman–Crippen LogP) is -0.336. The third-order valence-electron chi connectivity index (χ3n) is 0.563. The van der Waals surface area contributed by atoms with E-state index in [9.17, 15) is 4.79 Å². The SMILES string of the molecule is CC(=O)CCN.O=[P+]([O-])OO.[HH]. The summed E-state index contributed by atoms with van der Waals surface area (Å²) >= 11 is 0. The third-order valence-corrected chi connectivity index (χ3v) is 0.696. The minimum Gasteiger partial charge on any atom is -0.565 e. The van der Waals surface area contributed by atoms with Crippen LogP contribution in [0.25, 0.3) is 0 Å². The van der Waals surface area contributed by atoms with Crippen LogP contribution >= 0.6 is 8.25 Å². The molecule has 0 amide bonds. The van der Waals surface area contributed by atoms with Crippen molar-refractivity contribution in [2.75, 3.05) is 6.54 Å². The lowest BCUT2D eigenvalue weighted by molar-refractivity contribution is -0.244. The summed E-state index contributed by atoms with van der Waals surface area (Å²) in [7, 11) is -3.04. The molecule has 0 spiro atoms. The second-order valence-electron chi connectivity index (χ2n) is 1.55. The molecule has 7 heteroatoms. The molecule has 1 atom stereocenters. The van der Waals surface area contributed by atoms with Gasteiger partial charge in [0.15, 0.2) is 0 Å². The van der Waals surface area contributed by atoms with Crippen molar-refractivity contribution in [1.82, 2.24) is 0 Å². The summed E-state index contributed by atoms with van der Waals surface area (Å²) in [5, 5.41) is 7.05. The Balaban J connectivity index is -0.000000126. The number of rotatable bonds is 3. The van der Waals surface area contributed by atoms with Crippen LogP contribution in [0.3, 0.4) is 0 Å². The maximum atomic E-state index is 9.96. The second kappa shape index (κ2) is 9.61. The van der Waals surface area contributed by atoms with Gasteiger partial charge in [-0.2, -0.15) is 0 Å². The minimum atomic E-state index is -3.04. The number of hydrogen-bond donors (Lipinski definition) is 2. The lowest BCUT2D eigenvalue weighted by Gasteiger charge is -1.81. The molecule has 0 fully saturated rings. The zero-order chi connectivity index (χ0) is 9.28. The highest BCUT2D eigenvalue weighted by Crippen LogP contribution is 2.02. The average molecular weight is 185 g/mol. The molecular formula is C4H12NO5P. The van der Waals surface area contributed by atoms with Crippen molar-refractivity contribution in [2.45, 2.75) is 13.3 Å². The van der Waals surface area contributed by atoms with Gasteiger partial charge in [0.1, 0.15) is 5.78 Å². The van der Waals surface area contributed by atoms with Crippen LogP contribution in [-0.4, -0.2) is 17.6 Å². The van der Waals surface area contributed by atoms with E-state index in [0.29, 0.717) is 13.0 Å². The molecule has 0 saturated heterocycles. The normalized spacial score (nSPS) is 9.64. The number of nitrogens with two attached hydrogens (primary N) is 1. The van der Waals surface area contributed by atoms with Gasteiger partial charge in [0, 0.05) is 12.5 Å². The van der Waals surface area contributed by atoms with E-state index in [1.807, 2.05) is 0 Å². The molecule has 0 heterocycles. The highest BCUT2D eigenvalue weighted by Gasteiger charge is 1.90. The molecule has 0 aromatic heterocycles. The molecule has 3 N–H and O–H groups in total. The highest BCUT2D eigenvalue weighted by molar-refractivity contribution is 7.30. The van der Waals surface area contributed by atoms with Crippen LogP contribution in [0.2, 0.25) is 0 Å². The molecule has 0 aliphatic carbocycles. The van der Waals surface area contributed by atoms with Gasteiger partial charge in [-0.15, -0.1) is 0 Å². The Morgan fingerprint density at radius 3 is 2.27 bits per heavy atom. The van der Waals surface area contributed by atoms with Crippen molar-refractivity contribution in [3.05, 3.63) is 0 Å². The number of ketones is 1. The lowest BCUT2D eigenvalue weighted by atomic mass is 10.3. The Bertz CT molecular complexity index is 133. The molecule has 0 aromatic rings. The number of carbonyl (C=O) groups is 1. The molecule has 0 aromatic carbocycles. The van der Waals surface area contributed by atoms with E-state index in [1.165, 1.54) is 6.92 Å². The standard InChI is InChI=1S/C4H9NO.HO4P.H2/c1-4(6)2-3-5;1-4-5(2)3;/h2-3,5H2,1H3;1H;1H. The van der Waals surface area contributed by atoms with Gasteiger partial charge in [0.25, 0.3) is 0 Å². The van der Waals surface area contributed by atoms with Crippen LogP contribution in [0.1, 0.15) is 14.8 Å². The van der Waals surface area contributed by atoms with Gasteiger partial charge in [-0.05, 0) is 18.0 Å². The Kier molecular flexibility index (Phi) is 11.5. The molecule has 1 unspecified atom stereocenters. The molecular weight excluding hydrogens is 173 g/mol. The summed E-state index contributed by atoms with van der Waals surface area (Å²) in [5.41, 5.74) is 5.01. The van der Waals surface area contributed by atoms with Gasteiger partial charge in [-0.1, -0.05) is 0 Å². The van der Waals surface area contributed by atoms with Crippen molar-refractivity contribution >= 4 is 14.0 Å². The molecule has 0 aliphatic heterocycles. The van der Waals surface area contributed by atoms with Gasteiger partial charge in [-0.25, -0.2) is 5.26 Å². The van der Waals surface area contributed by atoms with E-state index in [2.05, 4.69) is 4.67 Å². The van der Waals surface area contributed by atoms with Crippen LogP contribution in [0.5, 0.6) is 0 Å². The van der Waals surface area contributed by atoms with E-state index < -0.39 is 8.25 Å². The van der Waals surface area contributed by atoms with Crippen molar-refractivity contribution in [3.8, 4) is 0 Å². The minimum absolute atomic E-state index is 0. The summed E-state index contributed by atoms with van der Waals surface area (Å²) in [6.07, 6.45) is 0.514. The largest absolute Gasteiger partial charge is 0.565 e. The van der Waals surface area contributed by atoms with Crippen molar-refractivity contribution < 1.29 is 25.6 Å². The molecule has 0 bridgehead atoms. The second-order valence-corrected chi connectivity index (χ2v) is 2.16. The summed E-state index contributed by atoms with van der Waals surface area (Å²) in [5.74, 6) is 0.164. The van der Waals surface area contributed by atoms with Gasteiger partial charge in [0.05, 0.1) is 0 Å². The first-order chi connectivity index (χ1) is 5.04. The third kappa shape index (κ3) is 26.2. The zero-order valence-electron chi connectivity index (χ0n) is 6.02. The summed E-state index contributed by atoms with van der Waals surface area (Å²) in [6, 6.07) is 0. The lowest BCUT2D eigenvalue weighted by Crippen LogP contribution is -2.03. The van der Waals surface area contributed by atoms with Crippen molar-refractivity contribution in [3.63, 3.8) is 0 Å². The number of Topliss-reactive ketones (excluding diaryl/α,β-unsaturated/α-hetero) is 1. The van der Waals surface area contributed by atoms with Gasteiger partial charge >= 0.3 is 8.25 Å². The molecule has 0 saturated carbocycles. The van der Waals surface area contributed by atoms with Crippen LogP contribution in [0, 0.1) is 0 Å². The quantitative estimate of drug-likeness (QED) is 0.353. The summed E-state index contributed by atoms with van der Waals surface area (Å²) < 4.78 is 11.6. The average Bonchev–Trinajstić information content (AvgIpc) is 1.89. The molecule has 0 aliphatic rings. The Labute approximate surface area is 66.3 Å². The van der Waals surface area contributed by atoms with Crippen molar-refractivity contribution in [1.29, 1.82) is 0 Å². The monoisotopic (exact) mass is 185 g/mol. The summed E-state index contributed by atoms with van der Waals surface area (Å²) in [4.78, 5) is 18.9. The Morgan fingerprint density at radius 2 is 2.27 bits per heavy atom. The maximum absolute atomic E-state index is 9.96. The molecule has 11 heavy (non-hydrogen) atoms. The Morgan fingerprint density at radius 1 is 1.91 bits per heavy atom. The topological polar surface area (TPSA) is 113 Å². The van der Waals surface area contributed by atoms with Gasteiger partial charge < -0.3 is 10.6 Å². The first kappa shape index (κ1) is 13.2. The van der Waals surface area contributed by atoms with Crippen molar-refractivity contribution in [2.24, 2.45) is 5.73 Å². The van der Waals surface area contributed by atoms with E-state index in [4.69, 9.17) is 20.4 Å². The molecule has 6 nitrogen and oxygen atoms in total. The molecule has 0 rings (SSSR count).